The summed E-state index contributed by atoms with van der Waals surface area (Å²) in [5, 5.41) is 6.02. The number of hydrogen-bond acceptors (Lipinski definition) is 3. The van der Waals surface area contributed by atoms with Crippen molar-refractivity contribution in [3.8, 4) is 5.75 Å². The quantitative estimate of drug-likeness (QED) is 0.894. The van der Waals surface area contributed by atoms with E-state index in [1.54, 1.807) is 30.3 Å². The van der Waals surface area contributed by atoms with Gasteiger partial charge in [0.05, 0.1) is 5.69 Å². The Morgan fingerprint density at radius 2 is 2.09 bits per heavy atom. The van der Waals surface area contributed by atoms with Crippen LogP contribution in [0.25, 0.3) is 0 Å². The van der Waals surface area contributed by atoms with Gasteiger partial charge in [-0.2, -0.15) is 0 Å². The molecular formula is C16H13ClN2O3. The molecule has 6 heteroatoms. The van der Waals surface area contributed by atoms with Crippen LogP contribution in [0, 0.1) is 6.92 Å². The van der Waals surface area contributed by atoms with Crippen LogP contribution in [0.15, 0.2) is 36.4 Å². The molecule has 0 fully saturated rings. The zero-order valence-electron chi connectivity index (χ0n) is 11.8. The van der Waals surface area contributed by atoms with Gasteiger partial charge in [0.25, 0.3) is 11.8 Å². The summed E-state index contributed by atoms with van der Waals surface area (Å²) in [5.41, 5.74) is 2.46. The average molecular weight is 317 g/mol. The summed E-state index contributed by atoms with van der Waals surface area (Å²) in [6.07, 6.45) is 0. The molecule has 22 heavy (non-hydrogen) atoms. The number of carbonyl (C=O) groups excluding carboxylic acids is 2. The maximum absolute atomic E-state index is 12.3. The summed E-state index contributed by atoms with van der Waals surface area (Å²) in [6.45, 7) is 1.88. The van der Waals surface area contributed by atoms with E-state index in [4.69, 9.17) is 16.3 Å². The first-order valence-corrected chi connectivity index (χ1v) is 7.05. The first kappa shape index (κ1) is 14.4. The van der Waals surface area contributed by atoms with Gasteiger partial charge in [-0.3, -0.25) is 9.59 Å². The smallest absolute Gasteiger partial charge is 0.262 e. The highest BCUT2D eigenvalue weighted by molar-refractivity contribution is 6.31. The second-order valence-electron chi connectivity index (χ2n) is 4.97. The first-order chi connectivity index (χ1) is 10.5. The third-order valence-corrected chi connectivity index (χ3v) is 3.71. The molecule has 0 radical (unpaired) electrons. The summed E-state index contributed by atoms with van der Waals surface area (Å²) in [7, 11) is 0. The number of hydrogen-bond donors (Lipinski definition) is 2. The fourth-order valence-electron chi connectivity index (χ4n) is 2.10. The van der Waals surface area contributed by atoms with E-state index in [1.165, 1.54) is 0 Å². The zero-order valence-corrected chi connectivity index (χ0v) is 12.5. The number of amides is 2. The van der Waals surface area contributed by atoms with E-state index in [-0.39, 0.29) is 18.4 Å². The highest BCUT2D eigenvalue weighted by Gasteiger charge is 2.18. The number of nitrogens with one attached hydrogen (secondary N) is 2. The molecule has 3 rings (SSSR count). The molecule has 2 amide bonds. The predicted octanol–water partition coefficient (Wildman–Crippen LogP) is 3.23. The van der Waals surface area contributed by atoms with Crippen LogP contribution in [0.3, 0.4) is 0 Å². The Hall–Kier alpha value is -2.53. The molecule has 0 spiro atoms. The van der Waals surface area contributed by atoms with Gasteiger partial charge in [-0.1, -0.05) is 17.7 Å². The molecule has 2 aromatic rings. The molecule has 1 aliphatic heterocycles. The number of ether oxygens (including phenoxy) is 1. The highest BCUT2D eigenvalue weighted by atomic mass is 35.5. The largest absolute Gasteiger partial charge is 0.482 e. The minimum Gasteiger partial charge on any atom is -0.482 e. The molecule has 0 aromatic heterocycles. The highest BCUT2D eigenvalue weighted by Crippen LogP contribution is 2.29. The van der Waals surface area contributed by atoms with E-state index >= 15 is 0 Å². The van der Waals surface area contributed by atoms with Crippen molar-refractivity contribution in [3.05, 3.63) is 52.5 Å². The molecule has 1 aliphatic rings. The molecule has 0 unspecified atom stereocenters. The van der Waals surface area contributed by atoms with Crippen molar-refractivity contribution in [3.63, 3.8) is 0 Å². The lowest BCUT2D eigenvalue weighted by atomic mass is 10.1. The van der Waals surface area contributed by atoms with Gasteiger partial charge in [0.1, 0.15) is 5.75 Å². The number of carbonyl (C=O) groups is 2. The SMILES string of the molecule is Cc1ccc(NC(=O)c2ccc3c(c2)NC(=O)CO3)cc1Cl. The summed E-state index contributed by atoms with van der Waals surface area (Å²) < 4.78 is 5.26. The third kappa shape index (κ3) is 2.89. The van der Waals surface area contributed by atoms with Crippen molar-refractivity contribution in [2.24, 2.45) is 0 Å². The van der Waals surface area contributed by atoms with Crippen molar-refractivity contribution in [2.75, 3.05) is 17.2 Å². The van der Waals surface area contributed by atoms with E-state index in [9.17, 15) is 9.59 Å². The lowest BCUT2D eigenvalue weighted by Gasteiger charge is -2.18. The number of anilines is 2. The molecule has 0 saturated carbocycles. The molecule has 0 aliphatic carbocycles. The maximum Gasteiger partial charge on any atom is 0.262 e. The second kappa shape index (κ2) is 5.69. The van der Waals surface area contributed by atoms with Gasteiger partial charge in [-0.05, 0) is 42.8 Å². The van der Waals surface area contributed by atoms with Crippen LogP contribution < -0.4 is 15.4 Å². The standard InChI is InChI=1S/C16H13ClN2O3/c1-9-2-4-11(7-12(9)17)18-16(21)10-3-5-14-13(6-10)19-15(20)8-22-14/h2-7H,8H2,1H3,(H,18,21)(H,19,20). The van der Waals surface area contributed by atoms with E-state index in [1.807, 2.05) is 13.0 Å². The van der Waals surface area contributed by atoms with Gasteiger partial charge in [0.2, 0.25) is 0 Å². The monoisotopic (exact) mass is 316 g/mol. The van der Waals surface area contributed by atoms with E-state index in [2.05, 4.69) is 10.6 Å². The van der Waals surface area contributed by atoms with E-state index in [0.717, 1.165) is 5.56 Å². The van der Waals surface area contributed by atoms with Gasteiger partial charge in [0, 0.05) is 16.3 Å². The average Bonchev–Trinajstić information content (AvgIpc) is 2.50. The molecule has 0 saturated heterocycles. The maximum atomic E-state index is 12.3. The summed E-state index contributed by atoms with van der Waals surface area (Å²) in [5.74, 6) is 0.0208. The summed E-state index contributed by atoms with van der Waals surface area (Å²) in [6, 6.07) is 10.2. The van der Waals surface area contributed by atoms with Gasteiger partial charge >= 0.3 is 0 Å². The second-order valence-corrected chi connectivity index (χ2v) is 5.37. The molecule has 5 nitrogen and oxygen atoms in total. The van der Waals surface area contributed by atoms with Crippen LogP contribution in [0.2, 0.25) is 5.02 Å². The van der Waals surface area contributed by atoms with Crippen molar-refractivity contribution in [2.45, 2.75) is 6.92 Å². The van der Waals surface area contributed by atoms with Crippen LogP contribution in [-0.2, 0) is 4.79 Å². The van der Waals surface area contributed by atoms with Gasteiger partial charge in [-0.25, -0.2) is 0 Å². The lowest BCUT2D eigenvalue weighted by Crippen LogP contribution is -2.25. The zero-order chi connectivity index (χ0) is 15.7. The first-order valence-electron chi connectivity index (χ1n) is 6.67. The van der Waals surface area contributed by atoms with Gasteiger partial charge in [-0.15, -0.1) is 0 Å². The minimum absolute atomic E-state index is 0.0135. The molecule has 0 bridgehead atoms. The van der Waals surface area contributed by atoms with Crippen molar-refractivity contribution >= 4 is 34.8 Å². The predicted molar refractivity (Wildman–Crippen MR) is 84.7 cm³/mol. The number of fused-ring (bicyclic) bond motifs is 1. The number of halogens is 1. The number of benzene rings is 2. The molecule has 112 valence electrons. The Morgan fingerprint density at radius 3 is 2.86 bits per heavy atom. The Morgan fingerprint density at radius 1 is 1.27 bits per heavy atom. The summed E-state index contributed by atoms with van der Waals surface area (Å²) >= 11 is 6.04. The molecular weight excluding hydrogens is 304 g/mol. The normalized spacial score (nSPS) is 12.9. The van der Waals surface area contributed by atoms with Crippen LogP contribution in [0.5, 0.6) is 5.75 Å². The molecule has 2 aromatic carbocycles. The van der Waals surface area contributed by atoms with Crippen LogP contribution >= 0.6 is 11.6 Å². The summed E-state index contributed by atoms with van der Waals surface area (Å²) in [4.78, 5) is 23.6. The van der Waals surface area contributed by atoms with Crippen LogP contribution in [0.4, 0.5) is 11.4 Å². The molecule has 1 heterocycles. The van der Waals surface area contributed by atoms with Crippen molar-refractivity contribution in [1.82, 2.24) is 0 Å². The van der Waals surface area contributed by atoms with Gasteiger partial charge in [0.15, 0.2) is 6.61 Å². The topological polar surface area (TPSA) is 67.4 Å². The third-order valence-electron chi connectivity index (χ3n) is 3.30. The Kier molecular flexibility index (Phi) is 3.73. The van der Waals surface area contributed by atoms with Crippen molar-refractivity contribution < 1.29 is 14.3 Å². The Bertz CT molecular complexity index is 774. The lowest BCUT2D eigenvalue weighted by molar-refractivity contribution is -0.118. The van der Waals surface area contributed by atoms with E-state index < -0.39 is 0 Å². The Balaban J connectivity index is 1.81. The fraction of sp³-hybridized carbons (Fsp3) is 0.125. The van der Waals surface area contributed by atoms with E-state index in [0.29, 0.717) is 27.7 Å². The Labute approximate surface area is 132 Å². The van der Waals surface area contributed by atoms with Crippen LogP contribution in [0.1, 0.15) is 15.9 Å². The minimum atomic E-state index is -0.289. The molecule has 0 atom stereocenters. The van der Waals surface area contributed by atoms with Gasteiger partial charge < -0.3 is 15.4 Å². The van der Waals surface area contributed by atoms with Crippen LogP contribution in [-0.4, -0.2) is 18.4 Å². The molecule has 2 N–H and O–H groups in total. The number of rotatable bonds is 2. The number of aryl methyl sites for hydroxylation is 1. The van der Waals surface area contributed by atoms with Crippen molar-refractivity contribution in [1.29, 1.82) is 0 Å². The fourth-order valence-corrected chi connectivity index (χ4v) is 2.28.